The lowest BCUT2D eigenvalue weighted by atomic mass is 10.1. The van der Waals surface area contributed by atoms with Gasteiger partial charge in [-0.15, -0.1) is 11.8 Å². The number of hydrogen-bond acceptors (Lipinski definition) is 3. The van der Waals surface area contributed by atoms with Crippen LogP contribution in [0.1, 0.15) is 18.9 Å². The van der Waals surface area contributed by atoms with Gasteiger partial charge in [0, 0.05) is 18.0 Å². The number of rotatable bonds is 5. The van der Waals surface area contributed by atoms with E-state index in [-0.39, 0.29) is 11.9 Å². The number of amides is 3. The number of nitrogens with one attached hydrogen (secondary N) is 3. The fourth-order valence-corrected chi connectivity index (χ4v) is 2.70. The number of anilines is 1. The van der Waals surface area contributed by atoms with Crippen molar-refractivity contribution in [1.29, 1.82) is 0 Å². The molecule has 1 aromatic carbocycles. The molecule has 0 unspecified atom stereocenters. The fourth-order valence-electron chi connectivity index (χ4n) is 1.91. The van der Waals surface area contributed by atoms with E-state index in [2.05, 4.69) is 16.0 Å². The van der Waals surface area contributed by atoms with Crippen LogP contribution in [0.5, 0.6) is 0 Å². The molecule has 0 spiro atoms. The zero-order valence-corrected chi connectivity index (χ0v) is 12.3. The molecule has 3 N–H and O–H groups in total. The second kappa shape index (κ2) is 7.19. The van der Waals surface area contributed by atoms with Gasteiger partial charge in [0.15, 0.2) is 0 Å². The predicted octanol–water partition coefficient (Wildman–Crippen LogP) is 1.98. The maximum Gasteiger partial charge on any atom is 0.314 e. The van der Waals surface area contributed by atoms with Gasteiger partial charge < -0.3 is 16.0 Å². The van der Waals surface area contributed by atoms with Gasteiger partial charge in [-0.1, -0.05) is 13.0 Å². The Morgan fingerprint density at radius 2 is 2.15 bits per heavy atom. The van der Waals surface area contributed by atoms with Crippen molar-refractivity contribution in [2.24, 2.45) is 0 Å². The summed E-state index contributed by atoms with van der Waals surface area (Å²) in [4.78, 5) is 23.8. The average Bonchev–Trinajstić information content (AvgIpc) is 2.44. The third-order valence-corrected chi connectivity index (χ3v) is 3.99. The average molecular weight is 293 g/mol. The highest BCUT2D eigenvalue weighted by molar-refractivity contribution is 8.00. The number of fused-ring (bicyclic) bond motifs is 1. The van der Waals surface area contributed by atoms with Crippen LogP contribution in [0.2, 0.25) is 0 Å². The first-order chi connectivity index (χ1) is 9.69. The summed E-state index contributed by atoms with van der Waals surface area (Å²) in [7, 11) is 0. The van der Waals surface area contributed by atoms with E-state index < -0.39 is 0 Å². The minimum Gasteiger partial charge on any atom is -0.338 e. The van der Waals surface area contributed by atoms with Crippen LogP contribution >= 0.6 is 11.8 Å². The summed E-state index contributed by atoms with van der Waals surface area (Å²) in [6.45, 7) is 3.28. The maximum absolute atomic E-state index is 11.4. The Morgan fingerprint density at radius 3 is 2.95 bits per heavy atom. The lowest BCUT2D eigenvalue weighted by Gasteiger charge is -2.17. The summed E-state index contributed by atoms with van der Waals surface area (Å²) in [5.41, 5.74) is 1.97. The second-order valence-electron chi connectivity index (χ2n) is 4.60. The largest absolute Gasteiger partial charge is 0.338 e. The summed E-state index contributed by atoms with van der Waals surface area (Å²) >= 11 is 1.55. The van der Waals surface area contributed by atoms with E-state index in [0.29, 0.717) is 18.8 Å². The molecule has 0 aliphatic carbocycles. The minimum atomic E-state index is -0.131. The zero-order valence-electron chi connectivity index (χ0n) is 11.5. The van der Waals surface area contributed by atoms with Crippen molar-refractivity contribution >= 4 is 29.4 Å². The van der Waals surface area contributed by atoms with E-state index in [1.165, 1.54) is 0 Å². The molecule has 1 heterocycles. The van der Waals surface area contributed by atoms with Gasteiger partial charge in [-0.2, -0.15) is 0 Å². The smallest absolute Gasteiger partial charge is 0.314 e. The van der Waals surface area contributed by atoms with E-state index in [1.54, 1.807) is 11.8 Å². The summed E-state index contributed by atoms with van der Waals surface area (Å²) in [5, 5.41) is 8.44. The molecule has 5 nitrogen and oxygen atoms in total. The van der Waals surface area contributed by atoms with Crippen molar-refractivity contribution in [2.45, 2.75) is 24.7 Å². The van der Waals surface area contributed by atoms with Crippen LogP contribution in [0.15, 0.2) is 23.1 Å². The molecular formula is C14H19N3O2S. The third kappa shape index (κ3) is 4.16. The first-order valence-electron chi connectivity index (χ1n) is 6.76. The normalized spacial score (nSPS) is 13.3. The van der Waals surface area contributed by atoms with Crippen molar-refractivity contribution in [3.8, 4) is 0 Å². The predicted molar refractivity (Wildman–Crippen MR) is 81.2 cm³/mol. The van der Waals surface area contributed by atoms with Gasteiger partial charge in [0.2, 0.25) is 5.91 Å². The highest BCUT2D eigenvalue weighted by Gasteiger charge is 2.15. The molecule has 3 amide bonds. The third-order valence-electron chi connectivity index (χ3n) is 2.91. The second-order valence-corrected chi connectivity index (χ2v) is 5.62. The Labute approximate surface area is 122 Å². The van der Waals surface area contributed by atoms with E-state index in [4.69, 9.17) is 0 Å². The summed E-state index contributed by atoms with van der Waals surface area (Å²) in [6.07, 6.45) is 1.67. The summed E-state index contributed by atoms with van der Waals surface area (Å²) in [5.74, 6) is 0.516. The Kier molecular flexibility index (Phi) is 5.29. The van der Waals surface area contributed by atoms with Crippen molar-refractivity contribution in [1.82, 2.24) is 10.6 Å². The monoisotopic (exact) mass is 293 g/mol. The minimum absolute atomic E-state index is 0.0386. The molecule has 0 aromatic heterocycles. The van der Waals surface area contributed by atoms with Crippen molar-refractivity contribution < 1.29 is 9.59 Å². The van der Waals surface area contributed by atoms with Gasteiger partial charge in [-0.3, -0.25) is 4.79 Å². The molecule has 0 fully saturated rings. The number of benzene rings is 1. The molecule has 0 atom stereocenters. The van der Waals surface area contributed by atoms with Crippen LogP contribution in [0.3, 0.4) is 0 Å². The lowest BCUT2D eigenvalue weighted by Crippen LogP contribution is -2.36. The van der Waals surface area contributed by atoms with Gasteiger partial charge in [0.1, 0.15) is 0 Å². The van der Waals surface area contributed by atoms with Gasteiger partial charge in [0.25, 0.3) is 0 Å². The quantitative estimate of drug-likeness (QED) is 0.777. The molecule has 0 bridgehead atoms. The highest BCUT2D eigenvalue weighted by Crippen LogP contribution is 2.31. The molecule has 108 valence electrons. The first-order valence-corrected chi connectivity index (χ1v) is 7.75. The molecule has 1 aliphatic rings. The summed E-state index contributed by atoms with van der Waals surface area (Å²) in [6, 6.07) is 5.90. The Bertz CT molecular complexity index is 505. The van der Waals surface area contributed by atoms with Gasteiger partial charge >= 0.3 is 6.03 Å². The van der Waals surface area contributed by atoms with Crippen LogP contribution in [0, 0.1) is 0 Å². The van der Waals surface area contributed by atoms with E-state index in [0.717, 1.165) is 29.0 Å². The molecule has 6 heteroatoms. The molecule has 0 saturated heterocycles. The van der Waals surface area contributed by atoms with Gasteiger partial charge in [0.05, 0.1) is 11.4 Å². The Hall–Kier alpha value is -1.69. The number of urea groups is 1. The zero-order chi connectivity index (χ0) is 14.4. The number of carbonyl (C=O) groups is 2. The lowest BCUT2D eigenvalue weighted by molar-refractivity contribution is -0.113. The van der Waals surface area contributed by atoms with Crippen LogP contribution in [-0.4, -0.2) is 30.8 Å². The molecule has 1 aromatic rings. The SMILES string of the molecule is CCCNC(=O)NCCc1ccc2c(c1)NC(=O)CS2. The number of thioether (sulfide) groups is 1. The van der Waals surface area contributed by atoms with Crippen LogP contribution in [-0.2, 0) is 11.2 Å². The molecule has 2 rings (SSSR count). The first kappa shape index (κ1) is 14.7. The Morgan fingerprint density at radius 1 is 1.35 bits per heavy atom. The molecule has 1 aliphatic heterocycles. The van der Waals surface area contributed by atoms with Crippen molar-refractivity contribution in [3.05, 3.63) is 23.8 Å². The topological polar surface area (TPSA) is 70.2 Å². The number of hydrogen-bond donors (Lipinski definition) is 3. The molecular weight excluding hydrogens is 274 g/mol. The standard InChI is InChI=1S/C14H19N3O2S/c1-2-6-15-14(19)16-7-5-10-3-4-12-11(8-10)17-13(18)9-20-12/h3-4,8H,2,5-7,9H2,1H3,(H,17,18)(H2,15,16,19). The molecule has 20 heavy (non-hydrogen) atoms. The molecule has 0 radical (unpaired) electrons. The van der Waals surface area contributed by atoms with Gasteiger partial charge in [-0.25, -0.2) is 4.79 Å². The summed E-state index contributed by atoms with van der Waals surface area (Å²) < 4.78 is 0. The fraction of sp³-hybridized carbons (Fsp3) is 0.429. The van der Waals surface area contributed by atoms with E-state index in [9.17, 15) is 9.59 Å². The Balaban J connectivity index is 1.83. The van der Waals surface area contributed by atoms with Crippen LogP contribution in [0.4, 0.5) is 10.5 Å². The molecule has 0 saturated carbocycles. The van der Waals surface area contributed by atoms with Crippen molar-refractivity contribution in [3.63, 3.8) is 0 Å². The maximum atomic E-state index is 11.4. The highest BCUT2D eigenvalue weighted by atomic mass is 32.2. The van der Waals surface area contributed by atoms with Crippen molar-refractivity contribution in [2.75, 3.05) is 24.2 Å². The number of carbonyl (C=O) groups excluding carboxylic acids is 2. The van der Waals surface area contributed by atoms with Gasteiger partial charge in [-0.05, 0) is 30.5 Å². The van der Waals surface area contributed by atoms with E-state index >= 15 is 0 Å². The van der Waals surface area contributed by atoms with Crippen LogP contribution in [0.25, 0.3) is 0 Å². The van der Waals surface area contributed by atoms with E-state index in [1.807, 2.05) is 25.1 Å². The van der Waals surface area contributed by atoms with Crippen LogP contribution < -0.4 is 16.0 Å².